The highest BCUT2D eigenvalue weighted by molar-refractivity contribution is 6.60. The van der Waals surface area contributed by atoms with E-state index in [1.54, 1.807) is 0 Å². The molecule has 1 amide bonds. The number of nitrogens with zero attached hydrogens (tertiary/aromatic N) is 1. The fourth-order valence-electron chi connectivity index (χ4n) is 3.39. The lowest BCUT2D eigenvalue weighted by atomic mass is 10.2. The van der Waals surface area contributed by atoms with Crippen molar-refractivity contribution in [1.82, 2.24) is 0 Å². The first-order chi connectivity index (χ1) is 15.1. The highest BCUT2D eigenvalue weighted by Gasteiger charge is 2.39. The Morgan fingerprint density at radius 2 is 1.48 bits per heavy atom. The van der Waals surface area contributed by atoms with Gasteiger partial charge in [0, 0.05) is 49.5 Å². The first kappa shape index (κ1) is 24.8. The van der Waals surface area contributed by atoms with Crippen molar-refractivity contribution in [3.8, 4) is 0 Å². The van der Waals surface area contributed by atoms with Gasteiger partial charge in [-0.05, 0) is 69.7 Å². The second-order valence-corrected chi connectivity index (χ2v) is 9.55. The number of carbonyl (C=O) groups excluding carboxylic acids is 1. The van der Waals surface area contributed by atoms with Crippen LogP contribution in [0.25, 0.3) is 0 Å². The molecular weight excluding hydrogens is 408 g/mol. The summed E-state index contributed by atoms with van der Waals surface area (Å²) < 4.78 is 18.0. The molecule has 2 rings (SSSR count). The van der Waals surface area contributed by atoms with Crippen LogP contribution in [0.15, 0.2) is 67.3 Å². The molecule has 1 N–H and O–H groups in total. The number of amides is 1. The van der Waals surface area contributed by atoms with Crippen molar-refractivity contribution >= 4 is 31.8 Å². The van der Waals surface area contributed by atoms with Gasteiger partial charge in [-0.1, -0.05) is 24.8 Å². The van der Waals surface area contributed by atoms with Gasteiger partial charge in [0.2, 0.25) is 5.91 Å². The topological polar surface area (TPSA) is 60.0 Å². The lowest BCUT2D eigenvalue weighted by Gasteiger charge is -2.30. The SMILES string of the molecule is C=CC(=O)Nc1ccc(N(CCC[Si](OCC)(OCC)OCC)c2ccccc2)cc1. The van der Waals surface area contributed by atoms with Gasteiger partial charge >= 0.3 is 8.80 Å². The largest absolute Gasteiger partial charge is 0.500 e. The molecule has 0 fully saturated rings. The predicted molar refractivity (Wildman–Crippen MR) is 129 cm³/mol. The molecule has 2 aromatic rings. The van der Waals surface area contributed by atoms with E-state index < -0.39 is 8.80 Å². The first-order valence-corrected chi connectivity index (χ1v) is 12.8. The van der Waals surface area contributed by atoms with Gasteiger partial charge in [-0.2, -0.15) is 0 Å². The maximum absolute atomic E-state index is 11.5. The van der Waals surface area contributed by atoms with Crippen LogP contribution in [0.1, 0.15) is 27.2 Å². The molecule has 168 valence electrons. The van der Waals surface area contributed by atoms with Crippen LogP contribution in [0.4, 0.5) is 17.1 Å². The third-order valence-electron chi connectivity index (χ3n) is 4.66. The quantitative estimate of drug-likeness (QED) is 0.314. The van der Waals surface area contributed by atoms with E-state index in [1.807, 2.05) is 63.2 Å². The van der Waals surface area contributed by atoms with E-state index in [-0.39, 0.29) is 5.91 Å². The van der Waals surface area contributed by atoms with Crippen LogP contribution in [0.2, 0.25) is 6.04 Å². The average Bonchev–Trinajstić information content (AvgIpc) is 2.78. The van der Waals surface area contributed by atoms with Crippen LogP contribution >= 0.6 is 0 Å². The third kappa shape index (κ3) is 7.63. The van der Waals surface area contributed by atoms with Gasteiger partial charge in [0.25, 0.3) is 0 Å². The summed E-state index contributed by atoms with van der Waals surface area (Å²) in [7, 11) is -2.68. The van der Waals surface area contributed by atoms with Crippen molar-refractivity contribution in [2.45, 2.75) is 33.2 Å². The normalized spacial score (nSPS) is 11.2. The second-order valence-electron chi connectivity index (χ2n) is 6.81. The van der Waals surface area contributed by atoms with Crippen LogP contribution in [0.3, 0.4) is 0 Å². The molecule has 0 aliphatic carbocycles. The Labute approximate surface area is 187 Å². The predicted octanol–water partition coefficient (Wildman–Crippen LogP) is 5.39. The summed E-state index contributed by atoms with van der Waals surface area (Å²) >= 11 is 0. The summed E-state index contributed by atoms with van der Waals surface area (Å²) in [6, 6.07) is 18.8. The number of nitrogens with one attached hydrogen (secondary N) is 1. The Balaban J connectivity index is 2.17. The molecule has 0 atom stereocenters. The van der Waals surface area contributed by atoms with Crippen molar-refractivity contribution < 1.29 is 18.1 Å². The molecule has 0 aliphatic rings. The summed E-state index contributed by atoms with van der Waals surface area (Å²) in [5.41, 5.74) is 2.87. The lowest BCUT2D eigenvalue weighted by molar-refractivity contribution is -0.111. The molecule has 0 heterocycles. The van der Waals surface area contributed by atoms with Crippen molar-refractivity contribution in [2.24, 2.45) is 0 Å². The van der Waals surface area contributed by atoms with E-state index in [0.29, 0.717) is 19.8 Å². The van der Waals surface area contributed by atoms with Crippen LogP contribution in [-0.2, 0) is 18.1 Å². The second kappa shape index (κ2) is 13.1. The van der Waals surface area contributed by atoms with Crippen molar-refractivity contribution in [2.75, 3.05) is 36.6 Å². The van der Waals surface area contributed by atoms with E-state index in [2.05, 4.69) is 28.9 Å². The maximum atomic E-state index is 11.5. The summed E-state index contributed by atoms with van der Waals surface area (Å²) in [4.78, 5) is 13.8. The Hall–Kier alpha value is -2.45. The number of benzene rings is 2. The molecule has 6 nitrogen and oxygen atoms in total. The smallest absolute Gasteiger partial charge is 0.374 e. The van der Waals surface area contributed by atoms with E-state index in [9.17, 15) is 4.79 Å². The van der Waals surface area contributed by atoms with Gasteiger partial charge in [0.15, 0.2) is 0 Å². The molecule has 0 bridgehead atoms. The number of hydrogen-bond donors (Lipinski definition) is 1. The highest BCUT2D eigenvalue weighted by atomic mass is 28.4. The van der Waals surface area contributed by atoms with E-state index in [4.69, 9.17) is 13.3 Å². The summed E-state index contributed by atoms with van der Waals surface area (Å²) in [5, 5.41) is 2.78. The molecule has 7 heteroatoms. The van der Waals surface area contributed by atoms with Crippen LogP contribution in [0.5, 0.6) is 0 Å². The number of rotatable bonds is 14. The third-order valence-corrected chi connectivity index (χ3v) is 7.81. The van der Waals surface area contributed by atoms with Crippen molar-refractivity contribution in [3.63, 3.8) is 0 Å². The fourth-order valence-corrected chi connectivity index (χ4v) is 5.98. The van der Waals surface area contributed by atoms with Gasteiger partial charge in [0.05, 0.1) is 0 Å². The molecule has 0 saturated heterocycles. The first-order valence-electron chi connectivity index (χ1n) is 10.8. The zero-order valence-electron chi connectivity index (χ0n) is 18.8. The van der Waals surface area contributed by atoms with Crippen molar-refractivity contribution in [1.29, 1.82) is 0 Å². The fraction of sp³-hybridized carbons (Fsp3) is 0.375. The molecule has 0 saturated carbocycles. The number of anilines is 3. The molecular formula is C24H34N2O4Si. The Bertz CT molecular complexity index is 782. The maximum Gasteiger partial charge on any atom is 0.500 e. The monoisotopic (exact) mass is 442 g/mol. The zero-order valence-corrected chi connectivity index (χ0v) is 19.8. The molecule has 0 spiro atoms. The molecule has 31 heavy (non-hydrogen) atoms. The lowest BCUT2D eigenvalue weighted by Crippen LogP contribution is -2.46. The standard InChI is InChI=1S/C24H34N2O4Si/c1-5-24(27)25-21-15-17-23(18-16-21)26(22-13-10-9-11-14-22)19-12-20-31(28-6-2,29-7-3)30-8-4/h5,9-11,13-18H,1,6-8,12,19-20H2,2-4H3,(H,25,27). The Morgan fingerprint density at radius 1 is 0.935 bits per heavy atom. The molecule has 0 aromatic heterocycles. The molecule has 0 aliphatic heterocycles. The van der Waals surface area contributed by atoms with Gasteiger partial charge < -0.3 is 23.5 Å². The summed E-state index contributed by atoms with van der Waals surface area (Å²) in [5.74, 6) is -0.225. The summed E-state index contributed by atoms with van der Waals surface area (Å²) in [6.07, 6.45) is 2.12. The molecule has 0 radical (unpaired) electrons. The van der Waals surface area contributed by atoms with Crippen LogP contribution in [0, 0.1) is 0 Å². The van der Waals surface area contributed by atoms with Gasteiger partial charge in [-0.25, -0.2) is 0 Å². The van der Waals surface area contributed by atoms with E-state index >= 15 is 0 Å². The minimum Gasteiger partial charge on any atom is -0.374 e. The van der Waals surface area contributed by atoms with Crippen LogP contribution < -0.4 is 10.2 Å². The van der Waals surface area contributed by atoms with Gasteiger partial charge in [-0.15, -0.1) is 0 Å². The Morgan fingerprint density at radius 3 is 2.00 bits per heavy atom. The number of hydrogen-bond acceptors (Lipinski definition) is 5. The number of carbonyl (C=O) groups is 1. The van der Waals surface area contributed by atoms with E-state index in [1.165, 1.54) is 6.08 Å². The van der Waals surface area contributed by atoms with Gasteiger partial charge in [0.1, 0.15) is 0 Å². The van der Waals surface area contributed by atoms with Gasteiger partial charge in [-0.3, -0.25) is 4.79 Å². The minimum absolute atomic E-state index is 0.225. The summed E-state index contributed by atoms with van der Waals surface area (Å²) in [6.45, 7) is 11.9. The van der Waals surface area contributed by atoms with E-state index in [0.717, 1.165) is 36.1 Å². The van der Waals surface area contributed by atoms with Crippen molar-refractivity contribution in [3.05, 3.63) is 67.3 Å². The number of para-hydroxylation sites is 1. The zero-order chi connectivity index (χ0) is 22.5. The molecule has 2 aromatic carbocycles. The average molecular weight is 443 g/mol. The highest BCUT2D eigenvalue weighted by Crippen LogP contribution is 2.28. The minimum atomic E-state index is -2.68. The molecule has 0 unspecified atom stereocenters. The Kier molecular flexibility index (Phi) is 10.5. The van der Waals surface area contributed by atoms with Crippen LogP contribution in [-0.4, -0.2) is 41.1 Å².